The molecule has 23 heavy (non-hydrogen) atoms. The summed E-state index contributed by atoms with van der Waals surface area (Å²) in [5.74, 6) is 1.26. The van der Waals surface area contributed by atoms with Gasteiger partial charge in [-0.15, -0.1) is 5.10 Å². The van der Waals surface area contributed by atoms with E-state index in [0.717, 1.165) is 17.0 Å². The Morgan fingerprint density at radius 1 is 1.30 bits per heavy atom. The van der Waals surface area contributed by atoms with Crippen molar-refractivity contribution in [2.24, 2.45) is 0 Å². The number of aromatic nitrogens is 2. The number of carbonyl (C=O) groups is 1. The fraction of sp³-hybridized carbons (Fsp3) is 0.353. The number of carbonyl (C=O) groups excluding carboxylic acids is 1. The van der Waals surface area contributed by atoms with Crippen molar-refractivity contribution in [3.05, 3.63) is 47.2 Å². The maximum atomic E-state index is 12.3. The zero-order chi connectivity index (χ0) is 16.2. The van der Waals surface area contributed by atoms with E-state index >= 15 is 0 Å². The normalized spacial score (nSPS) is 13.5. The average molecular weight is 312 g/mol. The lowest BCUT2D eigenvalue weighted by molar-refractivity contribution is -0.132. The van der Waals surface area contributed by atoms with Gasteiger partial charge in [0.15, 0.2) is 0 Å². The van der Waals surface area contributed by atoms with E-state index in [-0.39, 0.29) is 5.91 Å². The summed E-state index contributed by atoms with van der Waals surface area (Å²) >= 11 is 0. The zero-order valence-corrected chi connectivity index (χ0v) is 13.2. The molecule has 120 valence electrons. The molecular weight excluding hydrogens is 292 g/mol. The first-order valence-electron chi connectivity index (χ1n) is 7.70. The molecule has 1 aromatic heterocycles. The second-order valence-electron chi connectivity index (χ2n) is 5.72. The van der Waals surface area contributed by atoms with Crippen LogP contribution in [0.25, 0.3) is 0 Å². The third-order valence-corrected chi connectivity index (χ3v) is 3.92. The van der Waals surface area contributed by atoms with E-state index in [0.29, 0.717) is 38.4 Å². The van der Waals surface area contributed by atoms with Crippen LogP contribution in [0.1, 0.15) is 23.2 Å². The highest BCUT2D eigenvalue weighted by molar-refractivity contribution is 5.76. The fourth-order valence-corrected chi connectivity index (χ4v) is 2.61. The minimum atomic E-state index is 0.0816. The van der Waals surface area contributed by atoms with Crippen LogP contribution >= 0.6 is 0 Å². The summed E-state index contributed by atoms with van der Waals surface area (Å²) in [4.78, 5) is 14.1. The van der Waals surface area contributed by atoms with Gasteiger partial charge in [0.1, 0.15) is 11.6 Å². The molecule has 6 nitrogen and oxygen atoms in total. The first-order valence-corrected chi connectivity index (χ1v) is 7.70. The summed E-state index contributed by atoms with van der Waals surface area (Å²) < 4.78 is 5.62. The van der Waals surface area contributed by atoms with Crippen LogP contribution in [0.2, 0.25) is 0 Å². The lowest BCUT2D eigenvalue weighted by Gasteiger charge is -2.28. The van der Waals surface area contributed by atoms with Gasteiger partial charge in [-0.2, -0.15) is 5.10 Å². The second-order valence-corrected chi connectivity index (χ2v) is 5.72. The molecule has 0 fully saturated rings. The summed E-state index contributed by atoms with van der Waals surface area (Å²) in [6.45, 7) is 3.61. The molecule has 1 aliphatic heterocycles. The van der Waals surface area contributed by atoms with E-state index in [9.17, 15) is 4.79 Å². The Morgan fingerprint density at radius 2 is 2.09 bits per heavy atom. The molecule has 2 aromatic rings. The summed E-state index contributed by atoms with van der Waals surface area (Å²) in [6, 6.07) is 9.61. The van der Waals surface area contributed by atoms with Crippen LogP contribution in [0.15, 0.2) is 30.3 Å². The van der Waals surface area contributed by atoms with Gasteiger partial charge in [-0.25, -0.2) is 0 Å². The van der Waals surface area contributed by atoms with Crippen LogP contribution in [0, 0.1) is 6.92 Å². The number of anilines is 1. The van der Waals surface area contributed by atoms with Gasteiger partial charge in [-0.1, -0.05) is 17.7 Å². The number of fused-ring (bicyclic) bond motifs is 1. The summed E-state index contributed by atoms with van der Waals surface area (Å²) in [6.07, 6.45) is 1.07. The monoisotopic (exact) mass is 312 g/mol. The Labute approximate surface area is 135 Å². The quantitative estimate of drug-likeness (QED) is 0.929. The van der Waals surface area contributed by atoms with Crippen molar-refractivity contribution in [2.45, 2.75) is 26.3 Å². The molecule has 0 spiro atoms. The lowest BCUT2D eigenvalue weighted by atomic mass is 10.1. The molecule has 0 saturated heterocycles. The van der Waals surface area contributed by atoms with Crippen LogP contribution < -0.4 is 10.5 Å². The van der Waals surface area contributed by atoms with E-state index in [2.05, 4.69) is 10.2 Å². The van der Waals surface area contributed by atoms with Crippen molar-refractivity contribution in [3.8, 4) is 5.75 Å². The number of ether oxygens (including phenoxy) is 1. The first kappa shape index (κ1) is 15.3. The molecule has 2 heterocycles. The molecule has 0 bridgehead atoms. The highest BCUT2D eigenvalue weighted by Crippen LogP contribution is 2.18. The molecule has 0 unspecified atom stereocenters. The Hall–Kier alpha value is -2.63. The molecule has 0 atom stereocenters. The van der Waals surface area contributed by atoms with Crippen molar-refractivity contribution >= 4 is 11.7 Å². The number of nitrogens with two attached hydrogens (primary N) is 1. The zero-order valence-electron chi connectivity index (χ0n) is 13.2. The van der Waals surface area contributed by atoms with Crippen molar-refractivity contribution in [1.82, 2.24) is 15.1 Å². The maximum Gasteiger partial charge on any atom is 0.226 e. The average Bonchev–Trinajstić information content (AvgIpc) is 2.56. The maximum absolute atomic E-state index is 12.3. The predicted octanol–water partition coefficient (Wildman–Crippen LogP) is 1.72. The van der Waals surface area contributed by atoms with E-state index in [1.54, 1.807) is 6.07 Å². The van der Waals surface area contributed by atoms with Gasteiger partial charge in [0.25, 0.3) is 0 Å². The van der Waals surface area contributed by atoms with E-state index in [4.69, 9.17) is 10.5 Å². The second kappa shape index (κ2) is 6.64. The molecule has 1 aliphatic rings. The number of nitrogen functional groups attached to an aromatic ring is 1. The molecule has 0 radical (unpaired) electrons. The predicted molar refractivity (Wildman–Crippen MR) is 86.9 cm³/mol. The Balaban J connectivity index is 1.52. The van der Waals surface area contributed by atoms with Crippen molar-refractivity contribution in [1.29, 1.82) is 0 Å². The van der Waals surface area contributed by atoms with E-state index in [1.165, 1.54) is 5.56 Å². The number of aryl methyl sites for hydroxylation is 1. The Kier molecular flexibility index (Phi) is 4.41. The molecule has 1 amide bonds. The van der Waals surface area contributed by atoms with Crippen molar-refractivity contribution in [2.75, 3.05) is 18.9 Å². The van der Waals surface area contributed by atoms with Crippen molar-refractivity contribution < 1.29 is 9.53 Å². The largest absolute Gasteiger partial charge is 0.493 e. The molecule has 2 N–H and O–H groups in total. The van der Waals surface area contributed by atoms with Crippen LogP contribution in [0.4, 0.5) is 5.82 Å². The van der Waals surface area contributed by atoms with Gasteiger partial charge in [-0.05, 0) is 30.7 Å². The third-order valence-electron chi connectivity index (χ3n) is 3.92. The molecule has 3 rings (SSSR count). The van der Waals surface area contributed by atoms with Gasteiger partial charge < -0.3 is 15.4 Å². The van der Waals surface area contributed by atoms with E-state index < -0.39 is 0 Å². The van der Waals surface area contributed by atoms with Gasteiger partial charge in [0, 0.05) is 19.5 Å². The highest BCUT2D eigenvalue weighted by Gasteiger charge is 2.22. The Bertz CT molecular complexity index is 700. The molecule has 0 aliphatic carbocycles. The van der Waals surface area contributed by atoms with Crippen LogP contribution in [0.3, 0.4) is 0 Å². The topological polar surface area (TPSA) is 81.3 Å². The van der Waals surface area contributed by atoms with Gasteiger partial charge in [0.05, 0.1) is 18.7 Å². The molecule has 6 heteroatoms. The highest BCUT2D eigenvalue weighted by atomic mass is 16.5. The molecule has 1 aromatic carbocycles. The standard InChI is InChI=1S/C17H20N4O2/c1-12-2-4-14(5-3-12)23-9-7-17(22)21-8-6-15-13(11-21)10-16(18)20-19-15/h2-5,10H,6-9,11H2,1H3,(H2,18,20). The number of nitrogens with zero attached hydrogens (tertiary/aromatic N) is 3. The molecule has 0 saturated carbocycles. The lowest BCUT2D eigenvalue weighted by Crippen LogP contribution is -2.37. The van der Waals surface area contributed by atoms with Gasteiger partial charge in [0.2, 0.25) is 5.91 Å². The smallest absolute Gasteiger partial charge is 0.226 e. The number of hydrogen-bond donors (Lipinski definition) is 1. The van der Waals surface area contributed by atoms with E-state index in [1.807, 2.05) is 36.1 Å². The number of hydrogen-bond acceptors (Lipinski definition) is 5. The van der Waals surface area contributed by atoms with Crippen LogP contribution in [-0.2, 0) is 17.8 Å². The number of amides is 1. The SMILES string of the molecule is Cc1ccc(OCCC(=O)N2CCc3nnc(N)cc3C2)cc1. The van der Waals surface area contributed by atoms with Crippen LogP contribution in [-0.4, -0.2) is 34.2 Å². The number of rotatable bonds is 4. The van der Waals surface area contributed by atoms with Gasteiger partial charge >= 0.3 is 0 Å². The summed E-state index contributed by atoms with van der Waals surface area (Å²) in [5, 5.41) is 7.94. The van der Waals surface area contributed by atoms with Gasteiger partial charge in [-0.3, -0.25) is 4.79 Å². The molecular formula is C17H20N4O2. The van der Waals surface area contributed by atoms with Crippen molar-refractivity contribution in [3.63, 3.8) is 0 Å². The van der Waals surface area contributed by atoms with Crippen LogP contribution in [0.5, 0.6) is 5.75 Å². The third kappa shape index (κ3) is 3.77. The fourth-order valence-electron chi connectivity index (χ4n) is 2.61. The summed E-state index contributed by atoms with van der Waals surface area (Å²) in [5.41, 5.74) is 8.76. The minimum absolute atomic E-state index is 0.0816. The first-order chi connectivity index (χ1) is 11.1. The Morgan fingerprint density at radius 3 is 2.87 bits per heavy atom. The number of benzene rings is 1. The summed E-state index contributed by atoms with van der Waals surface area (Å²) in [7, 11) is 0. The minimum Gasteiger partial charge on any atom is -0.493 e.